The number of aromatic nitrogens is 1. The maximum atomic E-state index is 13.2. The molecular weight excluding hydrogens is 408 g/mol. The summed E-state index contributed by atoms with van der Waals surface area (Å²) >= 11 is 7.43. The largest absolute Gasteiger partial charge is 0.497 e. The van der Waals surface area contributed by atoms with Crippen LogP contribution in [0.4, 0.5) is 0 Å². The summed E-state index contributed by atoms with van der Waals surface area (Å²) in [6.07, 6.45) is 1.84. The molecule has 0 spiro atoms. The van der Waals surface area contributed by atoms with E-state index in [0.717, 1.165) is 40.5 Å². The predicted molar refractivity (Wildman–Crippen MR) is 115 cm³/mol. The lowest BCUT2D eigenvalue weighted by Crippen LogP contribution is -2.31. The average molecular weight is 429 g/mol. The molecule has 0 bridgehead atoms. The van der Waals surface area contributed by atoms with Crippen LogP contribution in [0.1, 0.15) is 34.9 Å². The quantitative estimate of drug-likeness (QED) is 0.541. The number of hydrogen-bond donors (Lipinski definition) is 0. The van der Waals surface area contributed by atoms with E-state index in [4.69, 9.17) is 21.1 Å². The highest BCUT2D eigenvalue weighted by molar-refractivity contribution is 7.13. The molecule has 4 rings (SSSR count). The Bertz CT molecular complexity index is 1020. The summed E-state index contributed by atoms with van der Waals surface area (Å²) < 4.78 is 10.9. The Balaban J connectivity index is 1.59. The van der Waals surface area contributed by atoms with E-state index < -0.39 is 0 Å². The lowest BCUT2D eigenvalue weighted by molar-refractivity contribution is 0.0729. The van der Waals surface area contributed by atoms with Gasteiger partial charge in [-0.05, 0) is 37.1 Å². The molecular formula is C22H21ClN2O3S. The summed E-state index contributed by atoms with van der Waals surface area (Å²) in [5, 5.41) is 3.31. The predicted octanol–water partition coefficient (Wildman–Crippen LogP) is 5.46. The van der Waals surface area contributed by atoms with Gasteiger partial charge < -0.3 is 14.4 Å². The van der Waals surface area contributed by atoms with Crippen molar-refractivity contribution >= 4 is 28.8 Å². The number of carbonyl (C=O) groups is 1. The van der Waals surface area contributed by atoms with Gasteiger partial charge in [-0.15, -0.1) is 11.3 Å². The third-order valence-corrected chi connectivity index (χ3v) is 6.27. The number of amides is 1. The first-order valence-electron chi connectivity index (χ1n) is 9.35. The van der Waals surface area contributed by atoms with Gasteiger partial charge in [0.05, 0.1) is 20.3 Å². The van der Waals surface area contributed by atoms with Gasteiger partial charge >= 0.3 is 0 Å². The van der Waals surface area contributed by atoms with Crippen molar-refractivity contribution in [3.63, 3.8) is 0 Å². The van der Waals surface area contributed by atoms with Crippen molar-refractivity contribution in [3.05, 3.63) is 64.1 Å². The van der Waals surface area contributed by atoms with Crippen molar-refractivity contribution in [2.45, 2.75) is 18.9 Å². The summed E-state index contributed by atoms with van der Waals surface area (Å²) in [5.41, 5.74) is 2.42. The maximum Gasteiger partial charge on any atom is 0.273 e. The second-order valence-electron chi connectivity index (χ2n) is 6.81. The molecule has 1 amide bonds. The number of likely N-dealkylation sites (tertiary alicyclic amines) is 1. The molecule has 2 heterocycles. The van der Waals surface area contributed by atoms with Gasteiger partial charge in [-0.1, -0.05) is 23.7 Å². The van der Waals surface area contributed by atoms with Crippen LogP contribution < -0.4 is 9.47 Å². The Labute approximate surface area is 178 Å². The summed E-state index contributed by atoms with van der Waals surface area (Å²) in [4.78, 5) is 19.7. The van der Waals surface area contributed by atoms with Crippen molar-refractivity contribution < 1.29 is 14.3 Å². The molecule has 2 aromatic carbocycles. The van der Waals surface area contributed by atoms with Crippen LogP contribution >= 0.6 is 22.9 Å². The van der Waals surface area contributed by atoms with E-state index in [0.29, 0.717) is 17.3 Å². The van der Waals surface area contributed by atoms with Gasteiger partial charge in [0.2, 0.25) is 0 Å². The molecule has 3 aromatic rings. The number of ether oxygens (including phenoxy) is 2. The SMILES string of the molecule is COc1ccc(C2CCCN2C(=O)c2csc(-c3ccc(Cl)cc3)n2)c(OC)c1. The summed E-state index contributed by atoms with van der Waals surface area (Å²) in [7, 11) is 3.26. The van der Waals surface area contributed by atoms with Crippen molar-refractivity contribution in [3.8, 4) is 22.1 Å². The number of nitrogens with zero attached hydrogens (tertiary/aromatic N) is 2. The highest BCUT2D eigenvalue weighted by Crippen LogP contribution is 2.39. The number of hydrogen-bond acceptors (Lipinski definition) is 5. The number of benzene rings is 2. The Morgan fingerprint density at radius 2 is 1.97 bits per heavy atom. The van der Waals surface area contributed by atoms with Crippen LogP contribution in [0, 0.1) is 0 Å². The smallest absolute Gasteiger partial charge is 0.273 e. The van der Waals surface area contributed by atoms with Crippen LogP contribution in [0.2, 0.25) is 5.02 Å². The lowest BCUT2D eigenvalue weighted by atomic mass is 10.0. The molecule has 0 saturated carbocycles. The van der Waals surface area contributed by atoms with Gasteiger partial charge in [0.25, 0.3) is 5.91 Å². The van der Waals surface area contributed by atoms with Crippen LogP contribution in [-0.4, -0.2) is 36.6 Å². The zero-order valence-electron chi connectivity index (χ0n) is 16.2. The zero-order valence-corrected chi connectivity index (χ0v) is 17.8. The average Bonchev–Trinajstić information content (AvgIpc) is 3.43. The molecule has 1 unspecified atom stereocenters. The number of halogens is 1. The van der Waals surface area contributed by atoms with E-state index >= 15 is 0 Å². The van der Waals surface area contributed by atoms with Crippen molar-refractivity contribution in [2.75, 3.05) is 20.8 Å². The first kappa shape index (κ1) is 19.7. The van der Waals surface area contributed by atoms with Crippen LogP contribution in [0.15, 0.2) is 47.8 Å². The topological polar surface area (TPSA) is 51.7 Å². The Morgan fingerprint density at radius 1 is 1.17 bits per heavy atom. The second kappa shape index (κ2) is 8.43. The molecule has 0 aliphatic carbocycles. The van der Waals surface area contributed by atoms with E-state index in [2.05, 4.69) is 4.98 Å². The van der Waals surface area contributed by atoms with Crippen LogP contribution in [0.25, 0.3) is 10.6 Å². The fourth-order valence-corrected chi connectivity index (χ4v) is 4.60. The number of methoxy groups -OCH3 is 2. The minimum absolute atomic E-state index is 0.0379. The minimum atomic E-state index is -0.0539. The number of rotatable bonds is 5. The van der Waals surface area contributed by atoms with Gasteiger partial charge in [0, 0.05) is 34.1 Å². The first-order chi connectivity index (χ1) is 14.1. The van der Waals surface area contributed by atoms with Crippen LogP contribution in [0.3, 0.4) is 0 Å². The van der Waals surface area contributed by atoms with Crippen LogP contribution in [0.5, 0.6) is 11.5 Å². The standard InChI is InChI=1S/C22H21ClN2O3S/c1-27-16-9-10-17(20(12-16)28-2)19-4-3-11-25(19)22(26)18-13-29-21(24-18)14-5-7-15(23)8-6-14/h5-10,12-13,19H,3-4,11H2,1-2H3. The third-order valence-electron chi connectivity index (χ3n) is 5.13. The fraction of sp³-hybridized carbons (Fsp3) is 0.273. The maximum absolute atomic E-state index is 13.2. The third kappa shape index (κ3) is 3.95. The molecule has 1 aromatic heterocycles. The normalized spacial score (nSPS) is 16.1. The fourth-order valence-electron chi connectivity index (χ4n) is 3.67. The zero-order chi connectivity index (χ0) is 20.4. The van der Waals surface area contributed by atoms with Gasteiger partial charge in [-0.2, -0.15) is 0 Å². The summed E-state index contributed by atoms with van der Waals surface area (Å²) in [6, 6.07) is 13.2. The molecule has 0 N–H and O–H groups in total. The first-order valence-corrected chi connectivity index (χ1v) is 10.6. The van der Waals surface area contributed by atoms with E-state index in [1.54, 1.807) is 14.2 Å². The van der Waals surface area contributed by atoms with E-state index in [9.17, 15) is 4.79 Å². The second-order valence-corrected chi connectivity index (χ2v) is 8.10. The van der Waals surface area contributed by atoms with Crippen LogP contribution in [-0.2, 0) is 0 Å². The van der Waals surface area contributed by atoms with Gasteiger partial charge in [0.15, 0.2) is 0 Å². The molecule has 1 saturated heterocycles. The summed E-state index contributed by atoms with van der Waals surface area (Å²) in [6.45, 7) is 0.701. The van der Waals surface area contributed by atoms with Crippen molar-refractivity contribution in [1.82, 2.24) is 9.88 Å². The highest BCUT2D eigenvalue weighted by atomic mass is 35.5. The van der Waals surface area contributed by atoms with E-state index in [-0.39, 0.29) is 11.9 Å². The van der Waals surface area contributed by atoms with Crippen molar-refractivity contribution in [2.24, 2.45) is 0 Å². The molecule has 5 nitrogen and oxygen atoms in total. The molecule has 1 fully saturated rings. The molecule has 150 valence electrons. The van der Waals surface area contributed by atoms with Gasteiger partial charge in [-0.3, -0.25) is 4.79 Å². The highest BCUT2D eigenvalue weighted by Gasteiger charge is 2.33. The number of thiazole rings is 1. The Hall–Kier alpha value is -2.57. The Kier molecular flexibility index (Phi) is 5.74. The molecule has 1 aliphatic heterocycles. The molecule has 29 heavy (non-hydrogen) atoms. The molecule has 1 atom stereocenters. The van der Waals surface area contributed by atoms with E-state index in [1.165, 1.54) is 11.3 Å². The summed E-state index contributed by atoms with van der Waals surface area (Å²) in [5.74, 6) is 1.41. The Morgan fingerprint density at radius 3 is 2.69 bits per heavy atom. The number of carbonyl (C=O) groups excluding carboxylic acids is 1. The van der Waals surface area contributed by atoms with Crippen molar-refractivity contribution in [1.29, 1.82) is 0 Å². The van der Waals surface area contributed by atoms with E-state index in [1.807, 2.05) is 52.7 Å². The molecule has 1 aliphatic rings. The monoisotopic (exact) mass is 428 g/mol. The van der Waals surface area contributed by atoms with Gasteiger partial charge in [0.1, 0.15) is 22.2 Å². The molecule has 7 heteroatoms. The van der Waals surface area contributed by atoms with Gasteiger partial charge in [-0.25, -0.2) is 4.98 Å². The lowest BCUT2D eigenvalue weighted by Gasteiger charge is -2.26. The molecule has 0 radical (unpaired) electrons. The minimum Gasteiger partial charge on any atom is -0.497 e.